The molecule has 0 saturated carbocycles. The van der Waals surface area contributed by atoms with Gasteiger partial charge >= 0.3 is 0 Å². The molecule has 0 atom stereocenters. The molecule has 0 aromatic carbocycles. The van der Waals surface area contributed by atoms with Crippen LogP contribution in [0.2, 0.25) is 0 Å². The van der Waals surface area contributed by atoms with E-state index in [-0.39, 0.29) is 0 Å². The van der Waals surface area contributed by atoms with Crippen molar-refractivity contribution >= 4 is 11.6 Å². The van der Waals surface area contributed by atoms with E-state index < -0.39 is 0 Å². The minimum absolute atomic E-state index is 0.825. The van der Waals surface area contributed by atoms with Crippen LogP contribution in [0.4, 0.5) is 0 Å². The standard InChI is InChI=1S/C15H21Cl/c1-6-9-13(11-10-12(4)5)14(7-2)15(16)8-3/h8-9H,1,4,7,10-11H2,2-3,5H3/b14-13+,15-8+. The second-order valence-corrected chi connectivity index (χ2v) is 4.21. The van der Waals surface area contributed by atoms with Gasteiger partial charge in [-0.3, -0.25) is 0 Å². The van der Waals surface area contributed by atoms with E-state index in [1.807, 2.05) is 26.0 Å². The van der Waals surface area contributed by atoms with E-state index in [1.54, 1.807) is 0 Å². The molecule has 0 heterocycles. The molecule has 0 unspecified atom stereocenters. The Hall–Kier alpha value is -0.970. The van der Waals surface area contributed by atoms with Crippen LogP contribution in [-0.4, -0.2) is 0 Å². The van der Waals surface area contributed by atoms with Gasteiger partial charge in [0.25, 0.3) is 0 Å². The smallest absolute Gasteiger partial charge is 0.0398 e. The average Bonchev–Trinajstić information content (AvgIpc) is 2.26. The van der Waals surface area contributed by atoms with Crippen LogP contribution in [0.3, 0.4) is 0 Å². The molecule has 0 aliphatic carbocycles. The summed E-state index contributed by atoms with van der Waals surface area (Å²) in [6, 6.07) is 0. The van der Waals surface area contributed by atoms with Crippen LogP contribution in [0.5, 0.6) is 0 Å². The van der Waals surface area contributed by atoms with Gasteiger partial charge in [0.05, 0.1) is 0 Å². The Kier molecular flexibility index (Phi) is 7.72. The molecule has 0 fully saturated rings. The lowest BCUT2D eigenvalue weighted by Gasteiger charge is -2.10. The molecule has 0 radical (unpaired) electrons. The minimum Gasteiger partial charge on any atom is -0.128 e. The third-order valence-electron chi connectivity index (χ3n) is 2.38. The number of hydrogen-bond acceptors (Lipinski definition) is 0. The van der Waals surface area contributed by atoms with Gasteiger partial charge in [0.1, 0.15) is 0 Å². The van der Waals surface area contributed by atoms with Gasteiger partial charge in [-0.05, 0) is 50.3 Å². The molecule has 0 N–H and O–H groups in total. The first-order valence-electron chi connectivity index (χ1n) is 5.61. The second-order valence-electron chi connectivity index (χ2n) is 3.80. The first-order chi connectivity index (χ1) is 7.56. The van der Waals surface area contributed by atoms with Crippen molar-refractivity contribution in [1.29, 1.82) is 0 Å². The van der Waals surface area contributed by atoms with E-state index in [2.05, 4.69) is 25.8 Å². The normalized spacial score (nSPS) is 12.9. The number of hydrogen-bond donors (Lipinski definition) is 0. The quantitative estimate of drug-likeness (QED) is 0.323. The molecular formula is C15H21Cl. The number of halogens is 1. The number of allylic oxidation sites excluding steroid dienone is 6. The Morgan fingerprint density at radius 2 is 2.00 bits per heavy atom. The van der Waals surface area contributed by atoms with E-state index in [0.717, 1.165) is 24.3 Å². The molecule has 16 heavy (non-hydrogen) atoms. The lowest BCUT2D eigenvalue weighted by Crippen LogP contribution is -1.91. The van der Waals surface area contributed by atoms with Gasteiger partial charge in [0, 0.05) is 5.03 Å². The highest BCUT2D eigenvalue weighted by Gasteiger charge is 2.06. The van der Waals surface area contributed by atoms with Gasteiger partial charge in [0.15, 0.2) is 0 Å². The summed E-state index contributed by atoms with van der Waals surface area (Å²) in [5.74, 6) is 0. The van der Waals surface area contributed by atoms with E-state index in [4.69, 9.17) is 11.6 Å². The third-order valence-corrected chi connectivity index (χ3v) is 2.83. The van der Waals surface area contributed by atoms with Gasteiger partial charge in [-0.15, -0.1) is 12.3 Å². The summed E-state index contributed by atoms with van der Waals surface area (Å²) in [5.41, 5.74) is 6.41. The van der Waals surface area contributed by atoms with Gasteiger partial charge < -0.3 is 0 Å². The zero-order chi connectivity index (χ0) is 12.6. The molecule has 0 spiro atoms. The molecule has 1 heteroatoms. The van der Waals surface area contributed by atoms with Crippen LogP contribution >= 0.6 is 11.6 Å². The lowest BCUT2D eigenvalue weighted by molar-refractivity contribution is 0.925. The van der Waals surface area contributed by atoms with Gasteiger partial charge in [-0.25, -0.2) is 0 Å². The van der Waals surface area contributed by atoms with Gasteiger partial charge in [-0.2, -0.15) is 0 Å². The predicted molar refractivity (Wildman–Crippen MR) is 74.7 cm³/mol. The maximum Gasteiger partial charge on any atom is 0.0398 e. The summed E-state index contributed by atoms with van der Waals surface area (Å²) < 4.78 is 0. The predicted octanol–water partition coefficient (Wildman–Crippen LogP) is 5.53. The summed E-state index contributed by atoms with van der Waals surface area (Å²) in [6.45, 7) is 13.6. The van der Waals surface area contributed by atoms with Crippen molar-refractivity contribution in [2.45, 2.75) is 40.0 Å². The fraction of sp³-hybridized carbons (Fsp3) is 0.400. The molecule has 0 rings (SSSR count). The van der Waals surface area contributed by atoms with Gasteiger partial charge in [0.2, 0.25) is 0 Å². The van der Waals surface area contributed by atoms with Crippen molar-refractivity contribution in [3.63, 3.8) is 0 Å². The zero-order valence-electron chi connectivity index (χ0n) is 10.6. The maximum absolute atomic E-state index is 6.19. The average molecular weight is 237 g/mol. The van der Waals surface area contributed by atoms with E-state index >= 15 is 0 Å². The van der Waals surface area contributed by atoms with Crippen molar-refractivity contribution in [1.82, 2.24) is 0 Å². The summed E-state index contributed by atoms with van der Waals surface area (Å²) >= 11 is 6.19. The van der Waals surface area contributed by atoms with E-state index in [1.165, 1.54) is 16.7 Å². The fourth-order valence-electron chi connectivity index (χ4n) is 1.50. The largest absolute Gasteiger partial charge is 0.128 e. The van der Waals surface area contributed by atoms with Crippen molar-refractivity contribution in [2.75, 3.05) is 0 Å². The lowest BCUT2D eigenvalue weighted by atomic mass is 9.98. The molecule has 0 nitrogen and oxygen atoms in total. The molecule has 0 aliphatic rings. The van der Waals surface area contributed by atoms with Crippen LogP contribution in [-0.2, 0) is 0 Å². The van der Waals surface area contributed by atoms with E-state index in [9.17, 15) is 0 Å². The van der Waals surface area contributed by atoms with Crippen molar-refractivity contribution in [3.05, 3.63) is 52.8 Å². The first kappa shape index (κ1) is 15.0. The maximum atomic E-state index is 6.19. The molecule has 0 aromatic rings. The molecular weight excluding hydrogens is 216 g/mol. The van der Waals surface area contributed by atoms with Crippen molar-refractivity contribution < 1.29 is 0 Å². The first-order valence-corrected chi connectivity index (χ1v) is 5.99. The molecule has 0 aromatic heterocycles. The van der Waals surface area contributed by atoms with Crippen LogP contribution in [0.1, 0.15) is 40.0 Å². The molecule has 0 amide bonds. The second kappa shape index (κ2) is 8.21. The minimum atomic E-state index is 0.825. The monoisotopic (exact) mass is 236 g/mol. The highest BCUT2D eigenvalue weighted by molar-refractivity contribution is 6.32. The Morgan fingerprint density at radius 3 is 2.38 bits per heavy atom. The Balaban J connectivity index is 5.16. The van der Waals surface area contributed by atoms with Gasteiger partial charge in [-0.1, -0.05) is 36.8 Å². The topological polar surface area (TPSA) is 0 Å². The highest BCUT2D eigenvalue weighted by Crippen LogP contribution is 2.26. The van der Waals surface area contributed by atoms with Crippen LogP contribution in [0.25, 0.3) is 0 Å². The third kappa shape index (κ3) is 5.21. The molecule has 0 saturated heterocycles. The summed E-state index contributed by atoms with van der Waals surface area (Å²) in [6.07, 6.45) is 6.70. The van der Waals surface area contributed by atoms with Crippen LogP contribution < -0.4 is 0 Å². The van der Waals surface area contributed by atoms with Crippen LogP contribution in [0.15, 0.2) is 52.8 Å². The Morgan fingerprint density at radius 1 is 1.38 bits per heavy atom. The summed E-state index contributed by atoms with van der Waals surface area (Å²) in [4.78, 5) is 0. The Labute approximate surface area is 105 Å². The molecule has 0 aliphatic heterocycles. The molecule has 88 valence electrons. The zero-order valence-corrected chi connectivity index (χ0v) is 11.3. The summed E-state index contributed by atoms with van der Waals surface area (Å²) in [7, 11) is 0. The number of rotatable bonds is 6. The molecule has 0 bridgehead atoms. The van der Waals surface area contributed by atoms with E-state index in [0.29, 0.717) is 0 Å². The van der Waals surface area contributed by atoms with Crippen molar-refractivity contribution in [3.8, 4) is 0 Å². The van der Waals surface area contributed by atoms with Crippen molar-refractivity contribution in [2.24, 2.45) is 0 Å². The SMILES string of the molecule is C=C=C/C(CCC(=C)C)=C(CC)\C(Cl)=C/C. The summed E-state index contributed by atoms with van der Waals surface area (Å²) in [5, 5.41) is 0.825. The highest BCUT2D eigenvalue weighted by atomic mass is 35.5. The fourth-order valence-corrected chi connectivity index (χ4v) is 1.76. The van der Waals surface area contributed by atoms with Crippen LogP contribution in [0, 0.1) is 0 Å². The Bertz CT molecular complexity index is 350.